The Morgan fingerprint density at radius 1 is 1.32 bits per heavy atom. The first kappa shape index (κ1) is 12.1. The van der Waals surface area contributed by atoms with E-state index in [1.165, 1.54) is 6.33 Å². The molecule has 0 aliphatic carbocycles. The number of carbonyl (C=O) groups excluding carboxylic acids is 1. The smallest absolute Gasteiger partial charge is 0.227 e. The lowest BCUT2D eigenvalue weighted by molar-refractivity contribution is -0.131. The average Bonchev–Trinajstić information content (AvgIpc) is 2.85. The molecule has 0 unspecified atom stereocenters. The summed E-state index contributed by atoms with van der Waals surface area (Å²) in [6.45, 7) is 1.14. The van der Waals surface area contributed by atoms with Crippen molar-refractivity contribution in [2.75, 3.05) is 0 Å². The van der Waals surface area contributed by atoms with Crippen molar-refractivity contribution in [2.24, 2.45) is 0 Å². The summed E-state index contributed by atoms with van der Waals surface area (Å²) in [4.78, 5) is 22.2. The molecule has 0 fully saturated rings. The lowest BCUT2D eigenvalue weighted by Gasteiger charge is -2.15. The molecule has 0 saturated carbocycles. The number of rotatable bonds is 2. The molecule has 0 spiro atoms. The van der Waals surface area contributed by atoms with Gasteiger partial charge >= 0.3 is 0 Å². The van der Waals surface area contributed by atoms with Crippen LogP contribution in [0, 0.1) is 0 Å². The molecular formula is C14H12ClN3O. The fraction of sp³-hybridized carbons (Fsp3) is 0.214. The number of benzene rings is 1. The van der Waals surface area contributed by atoms with Gasteiger partial charge in [0.15, 0.2) is 0 Å². The Morgan fingerprint density at radius 2 is 2.16 bits per heavy atom. The van der Waals surface area contributed by atoms with E-state index < -0.39 is 0 Å². The van der Waals surface area contributed by atoms with Crippen LogP contribution in [0.3, 0.4) is 0 Å². The maximum atomic E-state index is 12.3. The van der Waals surface area contributed by atoms with Crippen LogP contribution in [0.1, 0.15) is 16.8 Å². The number of fused-ring (bicyclic) bond motifs is 1. The predicted molar refractivity (Wildman–Crippen MR) is 71.4 cm³/mol. The van der Waals surface area contributed by atoms with E-state index in [-0.39, 0.29) is 5.91 Å². The minimum atomic E-state index is 0.0612. The second kappa shape index (κ2) is 4.97. The van der Waals surface area contributed by atoms with Crippen LogP contribution in [0.5, 0.6) is 0 Å². The summed E-state index contributed by atoms with van der Waals surface area (Å²) in [5.41, 5.74) is 2.81. The van der Waals surface area contributed by atoms with Crippen LogP contribution in [0.2, 0.25) is 5.02 Å². The van der Waals surface area contributed by atoms with Crippen molar-refractivity contribution in [3.8, 4) is 0 Å². The van der Waals surface area contributed by atoms with Crippen molar-refractivity contribution in [1.82, 2.24) is 14.9 Å². The van der Waals surface area contributed by atoms with Gasteiger partial charge in [-0.15, -0.1) is 0 Å². The first-order chi connectivity index (χ1) is 9.24. The quantitative estimate of drug-likeness (QED) is 0.843. The molecule has 3 rings (SSSR count). The number of carbonyl (C=O) groups is 1. The summed E-state index contributed by atoms with van der Waals surface area (Å²) in [6.07, 6.45) is 3.60. The van der Waals surface area contributed by atoms with Crippen molar-refractivity contribution in [1.29, 1.82) is 0 Å². The van der Waals surface area contributed by atoms with Gasteiger partial charge in [0.2, 0.25) is 5.91 Å². The van der Waals surface area contributed by atoms with Gasteiger partial charge in [-0.25, -0.2) is 9.97 Å². The molecule has 1 aliphatic heterocycles. The van der Waals surface area contributed by atoms with Gasteiger partial charge in [0.05, 0.1) is 18.7 Å². The highest BCUT2D eigenvalue weighted by atomic mass is 35.5. The summed E-state index contributed by atoms with van der Waals surface area (Å²) in [5, 5.41) is 0.632. The second-order valence-electron chi connectivity index (χ2n) is 4.51. The van der Waals surface area contributed by atoms with Crippen molar-refractivity contribution >= 4 is 17.5 Å². The molecule has 0 radical (unpaired) electrons. The molecule has 1 aromatic heterocycles. The molecule has 0 N–H and O–H groups in total. The number of hydrogen-bond acceptors (Lipinski definition) is 3. The maximum Gasteiger partial charge on any atom is 0.227 e. The van der Waals surface area contributed by atoms with E-state index in [4.69, 9.17) is 11.6 Å². The molecule has 0 saturated heterocycles. The third-order valence-corrected chi connectivity index (χ3v) is 3.60. The van der Waals surface area contributed by atoms with E-state index in [0.29, 0.717) is 24.5 Å². The molecule has 0 atom stereocenters. The molecule has 96 valence electrons. The van der Waals surface area contributed by atoms with Crippen molar-refractivity contribution in [3.63, 3.8) is 0 Å². The molecule has 5 heteroatoms. The summed E-state index contributed by atoms with van der Waals surface area (Å²) < 4.78 is 0. The zero-order valence-corrected chi connectivity index (χ0v) is 11.0. The molecule has 1 aliphatic rings. The Morgan fingerprint density at radius 3 is 2.95 bits per heavy atom. The lowest BCUT2D eigenvalue weighted by atomic mass is 10.1. The predicted octanol–water partition coefficient (Wildman–Crippen LogP) is 2.21. The highest BCUT2D eigenvalue weighted by Gasteiger charge is 2.24. The van der Waals surface area contributed by atoms with E-state index in [9.17, 15) is 4.79 Å². The molecule has 2 heterocycles. The van der Waals surface area contributed by atoms with Crippen LogP contribution in [0.4, 0.5) is 0 Å². The minimum absolute atomic E-state index is 0.0612. The van der Waals surface area contributed by atoms with Gasteiger partial charge in [-0.2, -0.15) is 0 Å². The Hall–Kier alpha value is -1.94. The summed E-state index contributed by atoms with van der Waals surface area (Å²) >= 11 is 6.07. The topological polar surface area (TPSA) is 46.1 Å². The highest BCUT2D eigenvalue weighted by molar-refractivity contribution is 6.31. The second-order valence-corrected chi connectivity index (χ2v) is 4.92. The largest absolute Gasteiger partial charge is 0.332 e. The molecule has 19 heavy (non-hydrogen) atoms. The standard InChI is InChI=1S/C14H12ClN3O/c15-12-4-2-1-3-10(12)5-14(19)18-7-11-6-16-9-17-13(11)8-18/h1-4,6,9H,5,7-8H2. The summed E-state index contributed by atoms with van der Waals surface area (Å²) in [7, 11) is 0. The van der Waals surface area contributed by atoms with Crippen molar-refractivity contribution < 1.29 is 4.79 Å². The van der Waals surface area contributed by atoms with Crippen molar-refractivity contribution in [3.05, 3.63) is 58.6 Å². The van der Waals surface area contributed by atoms with E-state index >= 15 is 0 Å². The molecule has 1 aromatic carbocycles. The number of aromatic nitrogens is 2. The Bertz CT molecular complexity index is 605. The summed E-state index contributed by atoms with van der Waals surface area (Å²) in [6, 6.07) is 7.42. The fourth-order valence-corrected chi connectivity index (χ4v) is 2.40. The molecule has 1 amide bonds. The van der Waals surface area contributed by atoms with Crippen LogP contribution in [0.15, 0.2) is 36.8 Å². The fourth-order valence-electron chi connectivity index (χ4n) is 2.19. The van der Waals surface area contributed by atoms with Gasteiger partial charge in [-0.05, 0) is 11.6 Å². The highest BCUT2D eigenvalue weighted by Crippen LogP contribution is 2.22. The minimum Gasteiger partial charge on any atom is -0.332 e. The number of halogens is 1. The molecule has 4 nitrogen and oxygen atoms in total. The van der Waals surface area contributed by atoms with Crippen molar-refractivity contribution in [2.45, 2.75) is 19.5 Å². The average molecular weight is 274 g/mol. The molecule has 2 aromatic rings. The number of nitrogens with zero attached hydrogens (tertiary/aromatic N) is 3. The van der Waals surface area contributed by atoms with E-state index in [2.05, 4.69) is 9.97 Å². The van der Waals surface area contributed by atoms with Crippen LogP contribution >= 0.6 is 11.6 Å². The third-order valence-electron chi connectivity index (χ3n) is 3.24. The lowest BCUT2D eigenvalue weighted by Crippen LogP contribution is -2.27. The van der Waals surface area contributed by atoms with Gasteiger partial charge in [0.1, 0.15) is 6.33 Å². The van der Waals surface area contributed by atoms with Crippen LogP contribution in [-0.2, 0) is 24.3 Å². The number of hydrogen-bond donors (Lipinski definition) is 0. The Balaban J connectivity index is 1.72. The van der Waals surface area contributed by atoms with Gasteiger partial charge in [0.25, 0.3) is 0 Å². The van der Waals surface area contributed by atoms with Crippen LogP contribution in [0.25, 0.3) is 0 Å². The zero-order chi connectivity index (χ0) is 13.2. The van der Waals surface area contributed by atoms with Gasteiger partial charge in [-0.1, -0.05) is 29.8 Å². The maximum absolute atomic E-state index is 12.3. The van der Waals surface area contributed by atoms with Crippen LogP contribution < -0.4 is 0 Å². The van der Waals surface area contributed by atoms with Gasteiger partial charge in [-0.3, -0.25) is 4.79 Å². The number of amides is 1. The van der Waals surface area contributed by atoms with E-state index in [1.54, 1.807) is 17.2 Å². The van der Waals surface area contributed by atoms with Gasteiger partial charge in [0, 0.05) is 23.3 Å². The Labute approximate surface area is 116 Å². The third kappa shape index (κ3) is 2.44. The first-order valence-corrected chi connectivity index (χ1v) is 6.41. The Kier molecular flexibility index (Phi) is 3.17. The van der Waals surface area contributed by atoms with E-state index in [0.717, 1.165) is 16.8 Å². The summed E-state index contributed by atoms with van der Waals surface area (Å²) in [5.74, 6) is 0.0612. The SMILES string of the molecule is O=C(Cc1ccccc1Cl)N1Cc2cncnc2C1. The van der Waals surface area contributed by atoms with E-state index in [1.807, 2.05) is 18.2 Å². The molecule has 0 bridgehead atoms. The zero-order valence-electron chi connectivity index (χ0n) is 10.2. The normalized spacial score (nSPS) is 13.4. The monoisotopic (exact) mass is 273 g/mol. The molecular weight excluding hydrogens is 262 g/mol. The van der Waals surface area contributed by atoms with Gasteiger partial charge < -0.3 is 4.90 Å². The van der Waals surface area contributed by atoms with Crippen LogP contribution in [-0.4, -0.2) is 20.8 Å². The first-order valence-electron chi connectivity index (χ1n) is 6.03.